The molecule has 0 fully saturated rings. The van der Waals surface area contributed by atoms with Gasteiger partial charge in [0.15, 0.2) is 0 Å². The molecule has 0 aliphatic rings. The molecule has 0 bridgehead atoms. The molecular formula is C28H34Cl2FN5O6. The highest BCUT2D eigenvalue weighted by Gasteiger charge is 2.15. The average Bonchev–Trinajstić information content (AvgIpc) is 2.95. The van der Waals surface area contributed by atoms with E-state index >= 15 is 0 Å². The van der Waals surface area contributed by atoms with Crippen LogP contribution < -0.4 is 15.4 Å². The Morgan fingerprint density at radius 3 is 2.31 bits per heavy atom. The number of carbonyl (C=O) groups excluding carboxylic acids is 1. The summed E-state index contributed by atoms with van der Waals surface area (Å²) in [7, 11) is 3.79. The molecule has 1 heterocycles. The molecule has 0 aliphatic heterocycles. The molecule has 228 valence electrons. The maximum absolute atomic E-state index is 14.6. The Kier molecular flexibility index (Phi) is 14.1. The molecule has 1 amide bonds. The lowest BCUT2D eigenvalue weighted by atomic mass is 10.1. The summed E-state index contributed by atoms with van der Waals surface area (Å²) in [4.78, 5) is 23.2. The first-order valence-electron chi connectivity index (χ1n) is 13.1. The Labute approximate surface area is 253 Å². The Bertz CT molecular complexity index is 1350. The topological polar surface area (TPSA) is 127 Å². The number of hydrogen-bond donors (Lipinski definition) is 3. The number of amides is 1. The van der Waals surface area contributed by atoms with Crippen molar-refractivity contribution in [3.05, 3.63) is 58.6 Å². The number of nitrogens with one attached hydrogen (secondary N) is 2. The zero-order valence-electron chi connectivity index (χ0n) is 23.4. The van der Waals surface area contributed by atoms with Gasteiger partial charge in [-0.1, -0.05) is 29.3 Å². The second-order valence-electron chi connectivity index (χ2n) is 9.02. The van der Waals surface area contributed by atoms with Crippen molar-refractivity contribution in [3.63, 3.8) is 0 Å². The number of aliphatic hydroxyl groups excluding tert-OH is 1. The second-order valence-corrected chi connectivity index (χ2v) is 9.84. The Balaban J connectivity index is 1.73. The highest BCUT2D eigenvalue weighted by Crippen LogP contribution is 2.35. The fourth-order valence-electron chi connectivity index (χ4n) is 3.51. The summed E-state index contributed by atoms with van der Waals surface area (Å²) in [5, 5.41) is 15.2. The van der Waals surface area contributed by atoms with Crippen LogP contribution in [-0.2, 0) is 19.0 Å². The molecule has 0 saturated heterocycles. The first kappa shape index (κ1) is 33.4. The molecule has 0 aliphatic carbocycles. The number of carbonyl (C=O) groups is 1. The van der Waals surface area contributed by atoms with Crippen LogP contribution in [0.5, 0.6) is 5.75 Å². The lowest BCUT2D eigenvalue weighted by Crippen LogP contribution is -2.15. The fourth-order valence-corrected chi connectivity index (χ4v) is 3.82. The summed E-state index contributed by atoms with van der Waals surface area (Å²) in [6, 6.07) is 5.77. The zero-order chi connectivity index (χ0) is 30.3. The van der Waals surface area contributed by atoms with Crippen molar-refractivity contribution in [2.45, 2.75) is 0 Å². The van der Waals surface area contributed by atoms with Crippen molar-refractivity contribution in [1.82, 2.24) is 14.9 Å². The summed E-state index contributed by atoms with van der Waals surface area (Å²) in [5.41, 5.74) is 0.920. The molecule has 0 spiro atoms. The number of halogens is 3. The molecule has 14 heteroatoms. The van der Waals surface area contributed by atoms with Crippen LogP contribution in [0.4, 0.5) is 21.6 Å². The maximum Gasteiger partial charge on any atom is 0.248 e. The van der Waals surface area contributed by atoms with E-state index in [1.807, 2.05) is 19.0 Å². The number of anilines is 3. The molecule has 3 N–H and O–H groups in total. The number of aromatic nitrogens is 2. The normalized spacial score (nSPS) is 11.5. The van der Waals surface area contributed by atoms with Crippen LogP contribution in [0.2, 0.25) is 10.0 Å². The van der Waals surface area contributed by atoms with Gasteiger partial charge >= 0.3 is 0 Å². The number of aliphatic hydroxyl groups is 1. The van der Waals surface area contributed by atoms with Crippen LogP contribution in [0.15, 0.2) is 42.7 Å². The second kappa shape index (κ2) is 17.8. The van der Waals surface area contributed by atoms with Crippen molar-refractivity contribution in [3.8, 4) is 5.75 Å². The van der Waals surface area contributed by atoms with Crippen molar-refractivity contribution in [2.75, 3.05) is 84.1 Å². The number of ether oxygens (including phenoxy) is 4. The minimum Gasteiger partial charge on any atom is -0.489 e. The number of nitrogens with zero attached hydrogens (tertiary/aromatic N) is 3. The van der Waals surface area contributed by atoms with E-state index in [-0.39, 0.29) is 53.9 Å². The number of benzene rings is 2. The van der Waals surface area contributed by atoms with Crippen molar-refractivity contribution in [2.24, 2.45) is 0 Å². The van der Waals surface area contributed by atoms with E-state index < -0.39 is 5.82 Å². The maximum atomic E-state index is 14.6. The van der Waals surface area contributed by atoms with Crippen molar-refractivity contribution in [1.29, 1.82) is 0 Å². The Hall–Kier alpha value is -3.10. The predicted molar refractivity (Wildman–Crippen MR) is 161 cm³/mol. The van der Waals surface area contributed by atoms with Gasteiger partial charge in [-0.2, -0.15) is 0 Å². The molecule has 3 aromatic rings. The highest BCUT2D eigenvalue weighted by molar-refractivity contribution is 6.42. The smallest absolute Gasteiger partial charge is 0.248 e. The van der Waals surface area contributed by atoms with Gasteiger partial charge in [0, 0.05) is 24.1 Å². The van der Waals surface area contributed by atoms with Gasteiger partial charge < -0.3 is 39.6 Å². The Morgan fingerprint density at radius 2 is 1.62 bits per heavy atom. The van der Waals surface area contributed by atoms with Crippen LogP contribution in [0.3, 0.4) is 0 Å². The highest BCUT2D eigenvalue weighted by atomic mass is 35.5. The summed E-state index contributed by atoms with van der Waals surface area (Å²) in [6.07, 6.45) is 4.48. The summed E-state index contributed by atoms with van der Waals surface area (Å²) in [5.74, 6) is -0.328. The van der Waals surface area contributed by atoms with Crippen LogP contribution >= 0.6 is 23.2 Å². The van der Waals surface area contributed by atoms with Gasteiger partial charge in [-0.05, 0) is 32.3 Å². The molecule has 0 saturated carbocycles. The van der Waals surface area contributed by atoms with E-state index in [4.69, 9.17) is 47.3 Å². The van der Waals surface area contributed by atoms with E-state index in [9.17, 15) is 9.18 Å². The minimum absolute atomic E-state index is 0.0252. The third-order valence-electron chi connectivity index (χ3n) is 5.46. The van der Waals surface area contributed by atoms with Gasteiger partial charge in [-0.25, -0.2) is 14.4 Å². The molecular weight excluding hydrogens is 592 g/mol. The van der Waals surface area contributed by atoms with Crippen LogP contribution in [0.25, 0.3) is 10.9 Å². The number of rotatable bonds is 18. The third kappa shape index (κ3) is 11.0. The van der Waals surface area contributed by atoms with Crippen LogP contribution in [0, 0.1) is 5.82 Å². The lowest BCUT2D eigenvalue weighted by molar-refractivity contribution is -0.111. The predicted octanol–water partition coefficient (Wildman–Crippen LogP) is 4.30. The summed E-state index contributed by atoms with van der Waals surface area (Å²) in [6.45, 7) is 2.83. The van der Waals surface area contributed by atoms with Gasteiger partial charge in [-0.15, -0.1) is 0 Å². The molecule has 2 aromatic carbocycles. The fraction of sp³-hybridized carbons (Fsp3) is 0.393. The van der Waals surface area contributed by atoms with Crippen LogP contribution in [-0.4, -0.2) is 99.4 Å². The number of likely N-dealkylation sites (N-methyl/N-ethyl adjacent to an activating group) is 1. The SMILES string of the molecule is CN(C)C/C=C/C(=O)Nc1cc2c(Nc3cc(Cl)c(Cl)cc3F)ncnc2cc1OCCOCCOCCOCCO. The lowest BCUT2D eigenvalue weighted by Gasteiger charge is -2.15. The van der Waals surface area contributed by atoms with E-state index in [1.165, 1.54) is 18.5 Å². The monoisotopic (exact) mass is 625 g/mol. The molecule has 0 atom stereocenters. The number of fused-ring (bicyclic) bond motifs is 1. The summed E-state index contributed by atoms with van der Waals surface area (Å²) < 4.78 is 36.6. The summed E-state index contributed by atoms with van der Waals surface area (Å²) >= 11 is 12.0. The van der Waals surface area contributed by atoms with E-state index in [2.05, 4.69) is 20.6 Å². The third-order valence-corrected chi connectivity index (χ3v) is 6.18. The van der Waals surface area contributed by atoms with Crippen molar-refractivity contribution >= 4 is 57.2 Å². The standard InChI is InChI=1S/C28H34Cl2FN5O6/c1-36(2)5-3-4-27(38)34-25-14-19-23(17-26(25)42-13-12-41-11-10-40-9-8-39-7-6-37)32-18-33-28(19)35-24-16-21(30)20(29)15-22(24)31/h3-4,14-18,37H,5-13H2,1-2H3,(H,34,38)(H,32,33,35)/b4-3+. The molecule has 0 radical (unpaired) electrons. The average molecular weight is 627 g/mol. The molecule has 11 nitrogen and oxygen atoms in total. The van der Waals surface area contributed by atoms with Gasteiger partial charge in [0.25, 0.3) is 0 Å². The molecule has 0 unspecified atom stereocenters. The van der Waals surface area contributed by atoms with Crippen LogP contribution in [0.1, 0.15) is 0 Å². The van der Waals surface area contributed by atoms with Gasteiger partial charge in [0.05, 0.1) is 73.2 Å². The molecule has 42 heavy (non-hydrogen) atoms. The first-order chi connectivity index (χ1) is 20.3. The minimum atomic E-state index is -0.615. The van der Waals surface area contributed by atoms with Crippen molar-refractivity contribution < 1.29 is 33.2 Å². The molecule has 1 aromatic heterocycles. The van der Waals surface area contributed by atoms with Gasteiger partial charge in [-0.3, -0.25) is 4.79 Å². The largest absolute Gasteiger partial charge is 0.489 e. The van der Waals surface area contributed by atoms with E-state index in [1.54, 1.807) is 18.2 Å². The number of hydrogen-bond acceptors (Lipinski definition) is 10. The quantitative estimate of drug-likeness (QED) is 0.107. The van der Waals surface area contributed by atoms with Gasteiger partial charge in [0.1, 0.15) is 30.3 Å². The molecule has 3 rings (SSSR count). The zero-order valence-corrected chi connectivity index (χ0v) is 24.9. The van der Waals surface area contributed by atoms with Gasteiger partial charge in [0.2, 0.25) is 5.91 Å². The first-order valence-corrected chi connectivity index (χ1v) is 13.8. The Morgan fingerprint density at radius 1 is 0.952 bits per heavy atom. The van der Waals surface area contributed by atoms with E-state index in [0.717, 1.165) is 6.07 Å². The van der Waals surface area contributed by atoms with E-state index in [0.29, 0.717) is 55.3 Å².